The standard InChI is InChI=1S/C19H23N7/c1-4-6-15-13(3)25-26-17(21)16(11-20)18(24-19(15)26)22-10-9-14-8-5-7-12(2)23-14/h5,7-8H,4,6,9-10,21H2,1-3H3,(H,22,24). The third-order valence-electron chi connectivity index (χ3n) is 4.33. The van der Waals surface area contributed by atoms with E-state index < -0.39 is 0 Å². The number of aromatic nitrogens is 4. The molecule has 0 saturated carbocycles. The Morgan fingerprint density at radius 1 is 1.23 bits per heavy atom. The second kappa shape index (κ2) is 7.40. The second-order valence-electron chi connectivity index (χ2n) is 6.33. The summed E-state index contributed by atoms with van der Waals surface area (Å²) >= 11 is 0. The van der Waals surface area contributed by atoms with Crippen LogP contribution in [0.25, 0.3) is 5.65 Å². The Kier molecular flexibility index (Phi) is 5.03. The summed E-state index contributed by atoms with van der Waals surface area (Å²) < 4.78 is 1.58. The lowest BCUT2D eigenvalue weighted by Crippen LogP contribution is -2.13. The maximum atomic E-state index is 9.53. The van der Waals surface area contributed by atoms with Crippen LogP contribution in [0.4, 0.5) is 11.6 Å². The van der Waals surface area contributed by atoms with Crippen LogP contribution in [0.15, 0.2) is 18.2 Å². The molecule has 0 aliphatic rings. The van der Waals surface area contributed by atoms with Gasteiger partial charge in [-0.3, -0.25) is 4.98 Å². The first-order chi connectivity index (χ1) is 12.5. The molecule has 0 aliphatic heterocycles. The molecule has 134 valence electrons. The monoisotopic (exact) mass is 349 g/mol. The minimum absolute atomic E-state index is 0.319. The number of pyridine rings is 1. The van der Waals surface area contributed by atoms with Crippen molar-refractivity contribution in [2.24, 2.45) is 0 Å². The number of nitrogens with one attached hydrogen (secondary N) is 1. The van der Waals surface area contributed by atoms with Gasteiger partial charge in [0.1, 0.15) is 23.3 Å². The van der Waals surface area contributed by atoms with Gasteiger partial charge in [0, 0.05) is 29.9 Å². The minimum atomic E-state index is 0.319. The molecular weight excluding hydrogens is 326 g/mol. The molecular formula is C19H23N7. The number of hydrogen-bond acceptors (Lipinski definition) is 6. The van der Waals surface area contributed by atoms with E-state index in [0.717, 1.165) is 47.6 Å². The van der Waals surface area contributed by atoms with Crippen molar-refractivity contribution in [3.63, 3.8) is 0 Å². The van der Waals surface area contributed by atoms with E-state index in [2.05, 4.69) is 33.4 Å². The van der Waals surface area contributed by atoms with E-state index in [1.807, 2.05) is 32.0 Å². The zero-order chi connectivity index (χ0) is 18.7. The largest absolute Gasteiger partial charge is 0.382 e. The summed E-state index contributed by atoms with van der Waals surface area (Å²) in [6.07, 6.45) is 2.60. The van der Waals surface area contributed by atoms with Gasteiger partial charge in [-0.25, -0.2) is 4.98 Å². The van der Waals surface area contributed by atoms with Crippen LogP contribution in [0.1, 0.15) is 41.6 Å². The second-order valence-corrected chi connectivity index (χ2v) is 6.33. The topological polar surface area (TPSA) is 105 Å². The highest BCUT2D eigenvalue weighted by Gasteiger charge is 2.18. The van der Waals surface area contributed by atoms with E-state index in [0.29, 0.717) is 23.7 Å². The molecule has 3 N–H and O–H groups in total. The van der Waals surface area contributed by atoms with Gasteiger partial charge in [-0.15, -0.1) is 0 Å². The van der Waals surface area contributed by atoms with E-state index in [9.17, 15) is 5.26 Å². The van der Waals surface area contributed by atoms with Crippen molar-refractivity contribution in [1.29, 1.82) is 5.26 Å². The van der Waals surface area contributed by atoms with E-state index >= 15 is 0 Å². The number of aryl methyl sites for hydroxylation is 3. The number of anilines is 2. The van der Waals surface area contributed by atoms with Crippen molar-refractivity contribution < 1.29 is 0 Å². The first-order valence-corrected chi connectivity index (χ1v) is 8.79. The molecule has 26 heavy (non-hydrogen) atoms. The maximum absolute atomic E-state index is 9.53. The molecule has 7 heteroatoms. The molecule has 3 heterocycles. The molecule has 0 spiro atoms. The fraction of sp³-hybridized carbons (Fsp3) is 0.368. The van der Waals surface area contributed by atoms with Gasteiger partial charge in [0.2, 0.25) is 0 Å². The summed E-state index contributed by atoms with van der Waals surface area (Å²) in [5.41, 5.74) is 11.2. The normalized spacial score (nSPS) is 10.8. The Bertz CT molecular complexity index is 982. The summed E-state index contributed by atoms with van der Waals surface area (Å²) in [5.74, 6) is 0.821. The number of nitriles is 1. The first kappa shape index (κ1) is 17.7. The summed E-state index contributed by atoms with van der Waals surface area (Å²) in [6.45, 7) is 6.65. The van der Waals surface area contributed by atoms with Crippen molar-refractivity contribution >= 4 is 17.3 Å². The molecule has 0 radical (unpaired) electrons. The van der Waals surface area contributed by atoms with Gasteiger partial charge in [0.25, 0.3) is 0 Å². The highest BCUT2D eigenvalue weighted by atomic mass is 15.3. The first-order valence-electron chi connectivity index (χ1n) is 8.79. The van der Waals surface area contributed by atoms with Crippen LogP contribution in [0.2, 0.25) is 0 Å². The quantitative estimate of drug-likeness (QED) is 0.709. The number of fused-ring (bicyclic) bond motifs is 1. The third-order valence-corrected chi connectivity index (χ3v) is 4.33. The molecule has 0 atom stereocenters. The lowest BCUT2D eigenvalue weighted by atomic mass is 10.1. The van der Waals surface area contributed by atoms with Gasteiger partial charge >= 0.3 is 0 Å². The van der Waals surface area contributed by atoms with Crippen molar-refractivity contribution in [2.75, 3.05) is 17.6 Å². The number of hydrogen-bond donors (Lipinski definition) is 2. The molecule has 0 aliphatic carbocycles. The summed E-state index contributed by atoms with van der Waals surface area (Å²) in [6, 6.07) is 8.10. The van der Waals surface area contributed by atoms with Crippen LogP contribution in [-0.2, 0) is 12.8 Å². The maximum Gasteiger partial charge on any atom is 0.163 e. The molecule has 3 rings (SSSR count). The van der Waals surface area contributed by atoms with Gasteiger partial charge < -0.3 is 11.1 Å². The van der Waals surface area contributed by atoms with Crippen LogP contribution in [0, 0.1) is 25.2 Å². The molecule has 0 bridgehead atoms. The lowest BCUT2D eigenvalue weighted by molar-refractivity contribution is 0.910. The smallest absolute Gasteiger partial charge is 0.163 e. The van der Waals surface area contributed by atoms with E-state index in [-0.39, 0.29) is 0 Å². The Morgan fingerprint density at radius 3 is 2.73 bits per heavy atom. The molecule has 0 fully saturated rings. The minimum Gasteiger partial charge on any atom is -0.382 e. The molecule has 3 aromatic rings. The van der Waals surface area contributed by atoms with Gasteiger partial charge in [-0.1, -0.05) is 19.4 Å². The Hall–Kier alpha value is -3.14. The molecule has 0 saturated heterocycles. The van der Waals surface area contributed by atoms with Gasteiger partial charge in [-0.2, -0.15) is 14.9 Å². The molecule has 3 aromatic heterocycles. The summed E-state index contributed by atoms with van der Waals surface area (Å²) in [4.78, 5) is 9.15. The number of nitrogen functional groups attached to an aromatic ring is 1. The van der Waals surface area contributed by atoms with Crippen molar-refractivity contribution in [3.8, 4) is 6.07 Å². The molecule has 7 nitrogen and oxygen atoms in total. The van der Waals surface area contributed by atoms with E-state index in [1.165, 1.54) is 0 Å². The van der Waals surface area contributed by atoms with Crippen LogP contribution in [0.5, 0.6) is 0 Å². The Morgan fingerprint density at radius 2 is 2.04 bits per heavy atom. The van der Waals surface area contributed by atoms with Gasteiger partial charge in [-0.05, 0) is 32.4 Å². The zero-order valence-electron chi connectivity index (χ0n) is 15.4. The lowest BCUT2D eigenvalue weighted by Gasteiger charge is -2.11. The Balaban J connectivity index is 1.91. The molecule has 0 aromatic carbocycles. The van der Waals surface area contributed by atoms with Crippen LogP contribution >= 0.6 is 0 Å². The summed E-state index contributed by atoms with van der Waals surface area (Å²) in [5, 5.41) is 17.2. The van der Waals surface area contributed by atoms with Crippen LogP contribution < -0.4 is 11.1 Å². The average Bonchev–Trinajstić information content (AvgIpc) is 2.92. The Labute approximate surface area is 152 Å². The van der Waals surface area contributed by atoms with Crippen molar-refractivity contribution in [2.45, 2.75) is 40.0 Å². The highest BCUT2D eigenvalue weighted by Crippen LogP contribution is 2.25. The molecule has 0 unspecified atom stereocenters. The van der Waals surface area contributed by atoms with Gasteiger partial charge in [0.15, 0.2) is 5.65 Å². The van der Waals surface area contributed by atoms with Crippen molar-refractivity contribution in [1.82, 2.24) is 19.6 Å². The number of nitrogens with two attached hydrogens (primary N) is 1. The zero-order valence-corrected chi connectivity index (χ0v) is 15.4. The molecule has 0 amide bonds. The van der Waals surface area contributed by atoms with Crippen LogP contribution in [0.3, 0.4) is 0 Å². The van der Waals surface area contributed by atoms with E-state index in [1.54, 1.807) is 4.52 Å². The summed E-state index contributed by atoms with van der Waals surface area (Å²) in [7, 11) is 0. The third kappa shape index (κ3) is 3.31. The van der Waals surface area contributed by atoms with Crippen LogP contribution in [-0.4, -0.2) is 26.1 Å². The van der Waals surface area contributed by atoms with Gasteiger partial charge in [0.05, 0.1) is 5.69 Å². The fourth-order valence-corrected chi connectivity index (χ4v) is 3.05. The number of rotatable bonds is 6. The van der Waals surface area contributed by atoms with E-state index in [4.69, 9.17) is 5.73 Å². The predicted molar refractivity (Wildman–Crippen MR) is 102 cm³/mol. The van der Waals surface area contributed by atoms with Crippen molar-refractivity contribution in [3.05, 3.63) is 46.4 Å². The SMILES string of the molecule is CCCc1c(C)nn2c(N)c(C#N)c(NCCc3cccc(C)n3)nc12. The fourth-order valence-electron chi connectivity index (χ4n) is 3.05. The average molecular weight is 349 g/mol. The predicted octanol–water partition coefficient (Wildman–Crippen LogP) is 2.80. The number of nitrogens with zero attached hydrogens (tertiary/aromatic N) is 5. The highest BCUT2D eigenvalue weighted by molar-refractivity contribution is 5.69.